The zero-order valence-electron chi connectivity index (χ0n) is 35.3. The first-order valence-corrected chi connectivity index (χ1v) is 20.2. The van der Waals surface area contributed by atoms with Crippen molar-refractivity contribution < 1.29 is 164 Å². The van der Waals surface area contributed by atoms with Gasteiger partial charge in [0.1, 0.15) is 0 Å². The molecule has 3 unspecified atom stereocenters. The molecule has 0 nitrogen and oxygen atoms in total. The van der Waals surface area contributed by atoms with Crippen LogP contribution in [0.5, 0.6) is 0 Å². The van der Waals surface area contributed by atoms with Gasteiger partial charge >= 0.3 is 0 Å². The minimum absolute atomic E-state index is 0. The Kier molecular flexibility index (Phi) is 87.1. The smallest absolute Gasteiger partial charge is 0 e. The van der Waals surface area contributed by atoms with Crippen LogP contribution in [0.15, 0.2) is 0 Å². The maximum atomic E-state index is 2.40. The maximum Gasteiger partial charge on any atom is 0 e. The van der Waals surface area contributed by atoms with Crippen molar-refractivity contribution in [2.24, 2.45) is 35.5 Å². The minimum Gasteiger partial charge on any atom is -0.0654 e. The van der Waals surface area contributed by atoms with Crippen LogP contribution < -0.4 is 0 Å². The fourth-order valence-corrected chi connectivity index (χ4v) is 6.78. The second-order valence-electron chi connectivity index (χ2n) is 14.6. The Morgan fingerprint density at radius 1 is 0.255 bits per heavy atom. The second-order valence-corrected chi connectivity index (χ2v) is 14.6. The molecular weight excluding hydrogens is 949 g/mol. The fraction of sp³-hybridized carbons (Fsp3) is 1.00. The monoisotopic (exact) mass is 1040 g/mol. The van der Waals surface area contributed by atoms with Gasteiger partial charge in [-0.2, -0.15) is 0 Å². The Bertz CT molecular complexity index is 436. The van der Waals surface area contributed by atoms with Crippen LogP contribution in [0.2, 0.25) is 0 Å². The zero-order chi connectivity index (χ0) is 32.4. The van der Waals surface area contributed by atoms with Crippen molar-refractivity contribution in [3.8, 4) is 0 Å². The summed E-state index contributed by atoms with van der Waals surface area (Å²) < 4.78 is 0. The predicted octanol–water partition coefficient (Wildman–Crippen LogP) is 16.2. The third-order valence-electron chi connectivity index (χ3n) is 10.5. The number of rotatable bonds is 27. The third kappa shape index (κ3) is 55.9. The van der Waals surface area contributed by atoms with E-state index in [0.29, 0.717) is 0 Å². The van der Waals surface area contributed by atoms with E-state index < -0.39 is 0 Å². The van der Waals surface area contributed by atoms with Crippen molar-refractivity contribution in [3.63, 3.8) is 0 Å². The quantitative estimate of drug-likeness (QED) is 0.0720. The van der Waals surface area contributed by atoms with Gasteiger partial charge in [-0.3, -0.25) is 0 Å². The molecule has 0 aliphatic rings. The molecule has 0 aliphatic carbocycles. The molecule has 0 aromatic carbocycles. The summed E-state index contributed by atoms with van der Waals surface area (Å²) in [6.07, 6.45) is 34.1. The van der Waals surface area contributed by atoms with E-state index in [2.05, 4.69) is 83.1 Å². The van der Waals surface area contributed by atoms with Gasteiger partial charge in [0.15, 0.2) is 0 Å². The molecule has 0 rings (SSSR count). The SMILES string of the molecule is CCC(CC)CCCCC(CC)CC.CCCC(C)CCCCC(C)CCC.CCCC(C)CCCCC(CC)CC.[Y].[Y].[Y].[Y].[Y]. The van der Waals surface area contributed by atoms with Gasteiger partial charge in [0.25, 0.3) is 0 Å². The van der Waals surface area contributed by atoms with E-state index in [4.69, 9.17) is 0 Å². The number of hydrogen-bond donors (Lipinski definition) is 0. The van der Waals surface area contributed by atoms with Gasteiger partial charge in [-0.05, 0) is 35.5 Å². The molecule has 47 heavy (non-hydrogen) atoms. The summed E-state index contributed by atoms with van der Waals surface area (Å²) in [5, 5.41) is 0. The second kappa shape index (κ2) is 58.2. The Hall–Kier alpha value is 5.52. The molecule has 0 amide bonds. The molecule has 0 heterocycles. The molecule has 0 N–H and O–H groups in total. The van der Waals surface area contributed by atoms with Crippen LogP contribution in [0.25, 0.3) is 0 Å². The van der Waals surface area contributed by atoms with Gasteiger partial charge in [0, 0.05) is 164 Å². The van der Waals surface area contributed by atoms with Gasteiger partial charge in [-0.1, -0.05) is 237 Å². The first-order valence-electron chi connectivity index (χ1n) is 20.2. The summed E-state index contributed by atoms with van der Waals surface area (Å²) in [6.45, 7) is 28.1. The van der Waals surface area contributed by atoms with Crippen LogP contribution in [-0.2, 0) is 164 Å². The van der Waals surface area contributed by atoms with Gasteiger partial charge in [0.2, 0.25) is 0 Å². The molecule has 0 aliphatic heterocycles. The largest absolute Gasteiger partial charge is 0.0654 e. The molecule has 0 fully saturated rings. The topological polar surface area (TPSA) is 0 Å². The molecule has 273 valence electrons. The van der Waals surface area contributed by atoms with Crippen molar-refractivity contribution >= 4 is 0 Å². The Morgan fingerprint density at radius 2 is 0.426 bits per heavy atom. The first kappa shape index (κ1) is 70.3. The average Bonchev–Trinajstić information content (AvgIpc) is 2.98. The predicted molar refractivity (Wildman–Crippen MR) is 200 cm³/mol. The van der Waals surface area contributed by atoms with Crippen LogP contribution in [-0.4, -0.2) is 0 Å². The van der Waals surface area contributed by atoms with Gasteiger partial charge in [-0.15, -0.1) is 0 Å². The van der Waals surface area contributed by atoms with Crippen molar-refractivity contribution in [1.82, 2.24) is 0 Å². The van der Waals surface area contributed by atoms with Crippen molar-refractivity contribution in [1.29, 1.82) is 0 Å². The van der Waals surface area contributed by atoms with Crippen LogP contribution in [0, 0.1) is 35.5 Å². The van der Waals surface area contributed by atoms with Crippen LogP contribution in [0.4, 0.5) is 0 Å². The molecule has 0 saturated carbocycles. The number of unbranched alkanes of at least 4 members (excludes halogenated alkanes) is 3. The van der Waals surface area contributed by atoms with E-state index in [1.807, 2.05) is 0 Å². The van der Waals surface area contributed by atoms with Gasteiger partial charge in [0.05, 0.1) is 0 Å². The first-order chi connectivity index (χ1) is 20.2. The molecule has 5 radical (unpaired) electrons. The Morgan fingerprint density at radius 3 is 0.574 bits per heavy atom. The normalized spacial score (nSPS) is 12.1. The molecule has 5 heteroatoms. The summed E-state index contributed by atoms with van der Waals surface area (Å²) in [5.41, 5.74) is 0. The van der Waals surface area contributed by atoms with Gasteiger partial charge in [-0.25, -0.2) is 0 Å². The van der Waals surface area contributed by atoms with E-state index in [0.717, 1.165) is 35.5 Å². The van der Waals surface area contributed by atoms with E-state index >= 15 is 0 Å². The molecule has 0 bridgehead atoms. The standard InChI is InChI=1S/3C14H30.5Y/c1-5-9-13(3)11-7-8-12-14(4)10-6-2;1-5-10-13(4)11-8-9-12-14(6-2)7-3;1-5-13(6-2)11-9-10-12-14(7-3)8-4;;;;;/h3*13-14H,5-12H2,1-4H3;;;;;. The van der Waals surface area contributed by atoms with Crippen molar-refractivity contribution in [2.45, 2.75) is 237 Å². The van der Waals surface area contributed by atoms with E-state index in [1.165, 1.54) is 154 Å². The fourth-order valence-electron chi connectivity index (χ4n) is 6.78. The molecule has 3 atom stereocenters. The number of hydrogen-bond acceptors (Lipinski definition) is 0. The van der Waals surface area contributed by atoms with E-state index in [9.17, 15) is 0 Å². The summed E-state index contributed by atoms with van der Waals surface area (Å²) in [6, 6.07) is 0. The Labute approximate surface area is 429 Å². The summed E-state index contributed by atoms with van der Waals surface area (Å²) in [7, 11) is 0. The molecule has 0 spiro atoms. The maximum absolute atomic E-state index is 2.40. The average molecular weight is 1040 g/mol. The molecule has 0 aromatic heterocycles. The summed E-state index contributed by atoms with van der Waals surface area (Å²) in [4.78, 5) is 0. The van der Waals surface area contributed by atoms with Crippen molar-refractivity contribution in [3.05, 3.63) is 0 Å². The van der Waals surface area contributed by atoms with E-state index in [1.54, 1.807) is 0 Å². The van der Waals surface area contributed by atoms with Crippen molar-refractivity contribution in [2.75, 3.05) is 0 Å². The molecular formula is C42H90Y5. The Balaban J connectivity index is -0.0000000768. The zero-order valence-corrected chi connectivity index (χ0v) is 49.5. The van der Waals surface area contributed by atoms with E-state index in [-0.39, 0.29) is 164 Å². The molecule has 0 aromatic rings. The van der Waals surface area contributed by atoms with Crippen LogP contribution in [0.1, 0.15) is 237 Å². The van der Waals surface area contributed by atoms with Gasteiger partial charge < -0.3 is 0 Å². The van der Waals surface area contributed by atoms with Crippen LogP contribution >= 0.6 is 0 Å². The molecule has 0 saturated heterocycles. The minimum atomic E-state index is 0. The van der Waals surface area contributed by atoms with Crippen LogP contribution in [0.3, 0.4) is 0 Å². The summed E-state index contributed by atoms with van der Waals surface area (Å²) >= 11 is 0. The third-order valence-corrected chi connectivity index (χ3v) is 10.5. The summed E-state index contributed by atoms with van der Waals surface area (Å²) in [5.74, 6) is 5.87.